The minimum atomic E-state index is -0.289. The standard InChI is InChI=1S/C23H21NO6/c1-30-23-12-16(5-9-21(23)27)3-2-15-4-7-19(25)18(10-15)14-24(29)13-17-6-8-20(26)22(28)11-17/h2-12,14,26-29H,13H2,1H3/b3-2+,18-14?. The molecule has 0 heterocycles. The van der Waals surface area contributed by atoms with Crippen molar-refractivity contribution >= 4 is 11.9 Å². The van der Waals surface area contributed by atoms with Crippen molar-refractivity contribution < 1.29 is 30.1 Å². The Kier molecular flexibility index (Phi) is 6.24. The molecule has 0 radical (unpaired) electrons. The molecule has 0 unspecified atom stereocenters. The monoisotopic (exact) mass is 407 g/mol. The molecule has 30 heavy (non-hydrogen) atoms. The number of carbonyl (C=O) groups is 1. The molecule has 4 N–H and O–H groups in total. The first-order valence-electron chi connectivity index (χ1n) is 9.03. The van der Waals surface area contributed by atoms with E-state index < -0.39 is 0 Å². The van der Waals surface area contributed by atoms with Crippen molar-refractivity contribution in [3.05, 3.63) is 89.2 Å². The van der Waals surface area contributed by atoms with E-state index in [0.29, 0.717) is 11.3 Å². The Hall–Kier alpha value is -3.97. The molecule has 7 heteroatoms. The van der Waals surface area contributed by atoms with E-state index in [2.05, 4.69) is 0 Å². The number of hydrogen-bond acceptors (Lipinski definition) is 7. The molecule has 2 aromatic rings. The van der Waals surface area contributed by atoms with Crippen LogP contribution in [0.1, 0.15) is 11.1 Å². The number of ether oxygens (including phenoxy) is 1. The normalized spacial score (nSPS) is 14.9. The van der Waals surface area contributed by atoms with Gasteiger partial charge in [0.15, 0.2) is 28.8 Å². The second kappa shape index (κ2) is 9.02. The molecular formula is C23H21NO6. The van der Waals surface area contributed by atoms with E-state index in [9.17, 15) is 25.3 Å². The molecule has 0 aromatic heterocycles. The average Bonchev–Trinajstić information content (AvgIpc) is 2.72. The van der Waals surface area contributed by atoms with Crippen LogP contribution in [0, 0.1) is 0 Å². The zero-order valence-corrected chi connectivity index (χ0v) is 16.2. The molecule has 0 saturated heterocycles. The summed E-state index contributed by atoms with van der Waals surface area (Å²) in [7, 11) is 1.47. The average molecular weight is 407 g/mol. The maximum absolute atomic E-state index is 12.1. The van der Waals surface area contributed by atoms with Crippen molar-refractivity contribution in [1.29, 1.82) is 0 Å². The number of rotatable bonds is 6. The number of allylic oxidation sites excluding steroid dienone is 6. The molecule has 0 bridgehead atoms. The highest BCUT2D eigenvalue weighted by Crippen LogP contribution is 2.27. The summed E-state index contributed by atoms with van der Waals surface area (Å²) in [6, 6.07) is 9.14. The van der Waals surface area contributed by atoms with Crippen LogP contribution in [0.3, 0.4) is 0 Å². The van der Waals surface area contributed by atoms with Crippen molar-refractivity contribution in [2.75, 3.05) is 7.11 Å². The Labute approximate surface area is 173 Å². The summed E-state index contributed by atoms with van der Waals surface area (Å²) >= 11 is 0. The number of hydroxylamine groups is 2. The summed E-state index contributed by atoms with van der Waals surface area (Å²) in [6.07, 6.45) is 9.60. The van der Waals surface area contributed by atoms with Crippen LogP contribution in [0.2, 0.25) is 0 Å². The third-order valence-electron chi connectivity index (χ3n) is 4.38. The first kappa shape index (κ1) is 20.8. The van der Waals surface area contributed by atoms with Crippen molar-refractivity contribution in [3.63, 3.8) is 0 Å². The van der Waals surface area contributed by atoms with Gasteiger partial charge in [0.1, 0.15) is 0 Å². The summed E-state index contributed by atoms with van der Waals surface area (Å²) in [5.74, 6) is -0.390. The number of phenolic OH excluding ortho intramolecular Hbond substituents is 3. The van der Waals surface area contributed by atoms with E-state index in [1.165, 1.54) is 37.6 Å². The second-order valence-electron chi connectivity index (χ2n) is 6.61. The minimum Gasteiger partial charge on any atom is -0.504 e. The molecule has 7 nitrogen and oxygen atoms in total. The van der Waals surface area contributed by atoms with Gasteiger partial charge < -0.3 is 20.1 Å². The maximum atomic E-state index is 12.1. The molecule has 0 atom stereocenters. The summed E-state index contributed by atoms with van der Waals surface area (Å²) in [6.45, 7) is 0.0145. The fraction of sp³-hybridized carbons (Fsp3) is 0.0870. The number of carbonyl (C=O) groups excluding carboxylic acids is 1. The van der Waals surface area contributed by atoms with Crippen LogP contribution in [0.4, 0.5) is 0 Å². The van der Waals surface area contributed by atoms with Crippen LogP contribution in [-0.2, 0) is 11.3 Å². The number of benzene rings is 2. The van der Waals surface area contributed by atoms with Gasteiger partial charge in [-0.05, 0) is 53.1 Å². The van der Waals surface area contributed by atoms with Gasteiger partial charge in [0.25, 0.3) is 0 Å². The molecule has 0 aliphatic heterocycles. The van der Waals surface area contributed by atoms with Gasteiger partial charge in [-0.25, -0.2) is 0 Å². The molecule has 1 aliphatic carbocycles. The highest BCUT2D eigenvalue weighted by molar-refractivity contribution is 6.08. The first-order valence-corrected chi connectivity index (χ1v) is 9.03. The molecule has 0 saturated carbocycles. The van der Waals surface area contributed by atoms with Gasteiger partial charge in [-0.15, -0.1) is 0 Å². The van der Waals surface area contributed by atoms with Crippen LogP contribution in [0.15, 0.2) is 78.0 Å². The summed E-state index contributed by atoms with van der Waals surface area (Å²) in [4.78, 5) is 12.1. The van der Waals surface area contributed by atoms with Crippen molar-refractivity contribution in [2.24, 2.45) is 0 Å². The Morgan fingerprint density at radius 2 is 1.73 bits per heavy atom. The lowest BCUT2D eigenvalue weighted by Gasteiger charge is -2.15. The lowest BCUT2D eigenvalue weighted by atomic mass is 10.0. The van der Waals surface area contributed by atoms with E-state index >= 15 is 0 Å². The van der Waals surface area contributed by atoms with Crippen LogP contribution in [-0.4, -0.2) is 38.5 Å². The predicted octanol–water partition coefficient (Wildman–Crippen LogP) is 3.67. The van der Waals surface area contributed by atoms with Gasteiger partial charge >= 0.3 is 0 Å². The fourth-order valence-electron chi connectivity index (χ4n) is 2.82. The molecule has 0 amide bonds. The van der Waals surface area contributed by atoms with Crippen LogP contribution in [0.25, 0.3) is 6.08 Å². The third kappa shape index (κ3) is 5.09. The SMILES string of the molecule is COc1cc(/C=C/C2=CC(=CN(O)Cc3ccc(O)c(O)c3)C(=O)C=C2)ccc1O. The van der Waals surface area contributed by atoms with Gasteiger partial charge in [0, 0.05) is 11.8 Å². The van der Waals surface area contributed by atoms with E-state index in [1.807, 2.05) is 6.08 Å². The lowest BCUT2D eigenvalue weighted by Crippen LogP contribution is -2.14. The summed E-state index contributed by atoms with van der Waals surface area (Å²) in [5.41, 5.74) is 2.38. The number of phenols is 3. The highest BCUT2D eigenvalue weighted by atomic mass is 16.5. The Morgan fingerprint density at radius 1 is 0.967 bits per heavy atom. The first-order chi connectivity index (χ1) is 14.4. The van der Waals surface area contributed by atoms with Crippen molar-refractivity contribution in [1.82, 2.24) is 5.06 Å². The van der Waals surface area contributed by atoms with E-state index in [4.69, 9.17) is 4.74 Å². The van der Waals surface area contributed by atoms with Gasteiger partial charge in [-0.1, -0.05) is 30.4 Å². The number of methoxy groups -OCH3 is 1. The largest absolute Gasteiger partial charge is 0.504 e. The number of nitrogens with zero attached hydrogens (tertiary/aromatic N) is 1. The Bertz CT molecular complexity index is 1080. The molecule has 154 valence electrons. The third-order valence-corrected chi connectivity index (χ3v) is 4.38. The van der Waals surface area contributed by atoms with Crippen LogP contribution < -0.4 is 4.74 Å². The Balaban J connectivity index is 1.75. The van der Waals surface area contributed by atoms with E-state index in [1.54, 1.807) is 36.4 Å². The summed E-state index contributed by atoms with van der Waals surface area (Å²) < 4.78 is 5.09. The smallest absolute Gasteiger partial charge is 0.187 e. The number of hydrogen-bond donors (Lipinski definition) is 4. The topological polar surface area (TPSA) is 110 Å². The van der Waals surface area contributed by atoms with Gasteiger partial charge in [-0.2, -0.15) is 0 Å². The van der Waals surface area contributed by atoms with E-state index in [-0.39, 0.29) is 35.1 Å². The van der Waals surface area contributed by atoms with Crippen LogP contribution >= 0.6 is 0 Å². The summed E-state index contributed by atoms with van der Waals surface area (Å²) in [5, 5.41) is 39.6. The maximum Gasteiger partial charge on any atom is 0.187 e. The molecule has 1 aliphatic rings. The van der Waals surface area contributed by atoms with Crippen molar-refractivity contribution in [2.45, 2.75) is 6.54 Å². The quantitative estimate of drug-likeness (QED) is 0.329. The lowest BCUT2D eigenvalue weighted by molar-refractivity contribution is -0.111. The Morgan fingerprint density at radius 3 is 2.47 bits per heavy atom. The van der Waals surface area contributed by atoms with E-state index in [0.717, 1.165) is 16.2 Å². The predicted molar refractivity (Wildman–Crippen MR) is 111 cm³/mol. The zero-order valence-electron chi connectivity index (χ0n) is 16.2. The minimum absolute atomic E-state index is 0.0145. The van der Waals surface area contributed by atoms with Crippen molar-refractivity contribution in [3.8, 4) is 23.0 Å². The zero-order chi connectivity index (χ0) is 21.7. The molecular weight excluding hydrogens is 386 g/mol. The molecule has 2 aromatic carbocycles. The fourth-order valence-corrected chi connectivity index (χ4v) is 2.82. The number of aromatic hydroxyl groups is 3. The number of ketones is 1. The molecule has 0 fully saturated rings. The van der Waals surface area contributed by atoms with Gasteiger partial charge in [-0.3, -0.25) is 15.1 Å². The molecule has 0 spiro atoms. The van der Waals surface area contributed by atoms with Gasteiger partial charge in [0.05, 0.1) is 13.7 Å². The second-order valence-corrected chi connectivity index (χ2v) is 6.61. The van der Waals surface area contributed by atoms with Gasteiger partial charge in [0.2, 0.25) is 0 Å². The highest BCUT2D eigenvalue weighted by Gasteiger charge is 2.11. The molecule has 3 rings (SSSR count). The van der Waals surface area contributed by atoms with Crippen LogP contribution in [0.5, 0.6) is 23.0 Å².